The van der Waals surface area contributed by atoms with Crippen LogP contribution in [0.5, 0.6) is 11.5 Å². The van der Waals surface area contributed by atoms with Crippen molar-refractivity contribution in [1.29, 1.82) is 0 Å². The predicted octanol–water partition coefficient (Wildman–Crippen LogP) is 0.571. The minimum Gasteiger partial charge on any atom is -0.493 e. The molecule has 5 heteroatoms. The SMILES string of the molecule is C#CC[NH2+]CC(=C)OC(=O)c1ccc(OC)c(OC)c1. The number of quaternary nitrogens is 1. The fraction of sp³-hybridized carbons (Fsp3) is 0.267. The van der Waals surface area contributed by atoms with E-state index in [1.165, 1.54) is 14.2 Å². The lowest BCUT2D eigenvalue weighted by Crippen LogP contribution is -2.84. The molecule has 0 saturated heterocycles. The van der Waals surface area contributed by atoms with E-state index in [0.29, 0.717) is 35.9 Å². The molecule has 0 aliphatic rings. The Labute approximate surface area is 118 Å². The maximum atomic E-state index is 11.9. The molecular weight excluding hydrogens is 258 g/mol. The number of benzene rings is 1. The first-order chi connectivity index (χ1) is 9.62. The Kier molecular flexibility index (Phi) is 6.14. The lowest BCUT2D eigenvalue weighted by molar-refractivity contribution is -0.639. The summed E-state index contributed by atoms with van der Waals surface area (Å²) >= 11 is 0. The van der Waals surface area contributed by atoms with E-state index >= 15 is 0 Å². The van der Waals surface area contributed by atoms with Crippen LogP contribution in [0.3, 0.4) is 0 Å². The van der Waals surface area contributed by atoms with Crippen LogP contribution in [0.2, 0.25) is 0 Å². The molecule has 0 aromatic heterocycles. The maximum Gasteiger partial charge on any atom is 0.343 e. The Hall–Kier alpha value is -2.45. The highest BCUT2D eigenvalue weighted by molar-refractivity contribution is 5.90. The highest BCUT2D eigenvalue weighted by atomic mass is 16.5. The molecule has 5 nitrogen and oxygen atoms in total. The summed E-state index contributed by atoms with van der Waals surface area (Å²) in [4.78, 5) is 11.9. The number of ether oxygens (including phenoxy) is 3. The fourth-order valence-electron chi connectivity index (χ4n) is 1.51. The molecule has 1 aromatic carbocycles. The van der Waals surface area contributed by atoms with Gasteiger partial charge in [0.05, 0.1) is 19.8 Å². The molecule has 0 fully saturated rings. The van der Waals surface area contributed by atoms with Gasteiger partial charge >= 0.3 is 5.97 Å². The molecule has 0 amide bonds. The van der Waals surface area contributed by atoms with Crippen LogP contribution in [0.1, 0.15) is 10.4 Å². The summed E-state index contributed by atoms with van der Waals surface area (Å²) in [6.45, 7) is 4.61. The summed E-state index contributed by atoms with van der Waals surface area (Å²) in [5.74, 6) is 3.33. The molecule has 0 unspecified atom stereocenters. The molecule has 0 aliphatic carbocycles. The van der Waals surface area contributed by atoms with Crippen molar-refractivity contribution in [1.82, 2.24) is 0 Å². The van der Waals surface area contributed by atoms with Crippen LogP contribution in [-0.2, 0) is 4.74 Å². The zero-order chi connectivity index (χ0) is 15.0. The largest absolute Gasteiger partial charge is 0.493 e. The molecule has 0 saturated carbocycles. The summed E-state index contributed by atoms with van der Waals surface area (Å²) in [6, 6.07) is 4.80. The smallest absolute Gasteiger partial charge is 0.343 e. The summed E-state index contributed by atoms with van der Waals surface area (Å²) in [5, 5.41) is 1.81. The highest BCUT2D eigenvalue weighted by Crippen LogP contribution is 2.27. The van der Waals surface area contributed by atoms with Gasteiger partial charge in [-0.2, -0.15) is 0 Å². The number of nitrogens with two attached hydrogens (primary N) is 1. The fourth-order valence-corrected chi connectivity index (χ4v) is 1.51. The molecule has 0 radical (unpaired) electrons. The lowest BCUT2D eigenvalue weighted by atomic mass is 10.2. The second-order valence-electron chi connectivity index (χ2n) is 3.90. The van der Waals surface area contributed by atoms with Gasteiger partial charge in [-0.1, -0.05) is 6.58 Å². The maximum absolute atomic E-state index is 11.9. The second-order valence-corrected chi connectivity index (χ2v) is 3.90. The molecule has 0 spiro atoms. The van der Waals surface area contributed by atoms with Crippen molar-refractivity contribution in [3.8, 4) is 23.8 Å². The topological polar surface area (TPSA) is 61.4 Å². The first-order valence-electron chi connectivity index (χ1n) is 5.99. The number of rotatable bonds is 7. The van der Waals surface area contributed by atoms with Gasteiger partial charge in [-0.15, -0.1) is 6.42 Å². The van der Waals surface area contributed by atoms with Gasteiger partial charge in [0.25, 0.3) is 0 Å². The van der Waals surface area contributed by atoms with E-state index in [0.717, 1.165) is 0 Å². The third kappa shape index (κ3) is 4.34. The van der Waals surface area contributed by atoms with E-state index in [4.69, 9.17) is 20.6 Å². The summed E-state index contributed by atoms with van der Waals surface area (Å²) in [6.07, 6.45) is 5.12. The number of carbonyl (C=O) groups is 1. The average molecular weight is 276 g/mol. The van der Waals surface area contributed by atoms with Gasteiger partial charge in [-0.3, -0.25) is 0 Å². The average Bonchev–Trinajstić information content (AvgIpc) is 2.46. The van der Waals surface area contributed by atoms with Crippen molar-refractivity contribution in [2.75, 3.05) is 27.3 Å². The van der Waals surface area contributed by atoms with Crippen molar-refractivity contribution in [2.45, 2.75) is 0 Å². The molecular formula is C15H18NO4+. The minimum absolute atomic E-state index is 0.347. The van der Waals surface area contributed by atoms with Gasteiger partial charge < -0.3 is 19.5 Å². The highest BCUT2D eigenvalue weighted by Gasteiger charge is 2.13. The Morgan fingerprint density at radius 1 is 1.35 bits per heavy atom. The van der Waals surface area contributed by atoms with Crippen LogP contribution in [0.25, 0.3) is 0 Å². The third-order valence-corrected chi connectivity index (χ3v) is 2.49. The van der Waals surface area contributed by atoms with Crippen molar-refractivity contribution in [2.24, 2.45) is 0 Å². The molecule has 0 bridgehead atoms. The first-order valence-corrected chi connectivity index (χ1v) is 5.99. The zero-order valence-electron chi connectivity index (χ0n) is 11.6. The van der Waals surface area contributed by atoms with Crippen molar-refractivity contribution < 1.29 is 24.3 Å². The van der Waals surface area contributed by atoms with E-state index < -0.39 is 5.97 Å². The van der Waals surface area contributed by atoms with Crippen molar-refractivity contribution >= 4 is 5.97 Å². The van der Waals surface area contributed by atoms with Gasteiger partial charge in [0.2, 0.25) is 0 Å². The molecule has 0 heterocycles. The van der Waals surface area contributed by atoms with Gasteiger partial charge in [-0.25, -0.2) is 4.79 Å². The van der Waals surface area contributed by atoms with Crippen LogP contribution in [-0.4, -0.2) is 33.3 Å². The molecule has 20 heavy (non-hydrogen) atoms. The Morgan fingerprint density at radius 3 is 2.65 bits per heavy atom. The number of methoxy groups -OCH3 is 2. The summed E-state index contributed by atoms with van der Waals surface area (Å²) in [7, 11) is 3.03. The van der Waals surface area contributed by atoms with Crippen molar-refractivity contribution in [3.05, 3.63) is 36.1 Å². The van der Waals surface area contributed by atoms with Gasteiger partial charge in [0, 0.05) is 0 Å². The van der Waals surface area contributed by atoms with Crippen LogP contribution >= 0.6 is 0 Å². The second kappa shape index (κ2) is 7.87. The molecule has 0 aliphatic heterocycles. The van der Waals surface area contributed by atoms with Crippen LogP contribution < -0.4 is 14.8 Å². The molecule has 106 valence electrons. The lowest BCUT2D eigenvalue weighted by Gasteiger charge is -2.10. The van der Waals surface area contributed by atoms with Crippen LogP contribution in [0, 0.1) is 12.3 Å². The Balaban J connectivity index is 2.68. The van der Waals surface area contributed by atoms with Gasteiger partial charge in [0.1, 0.15) is 13.1 Å². The Bertz CT molecular complexity index is 531. The third-order valence-electron chi connectivity index (χ3n) is 2.49. The number of esters is 1. The van der Waals surface area contributed by atoms with Crippen LogP contribution in [0.15, 0.2) is 30.5 Å². The standard InChI is InChI=1S/C15H17NO4/c1-5-8-16-10-11(2)20-15(17)12-6-7-13(18-3)14(9-12)19-4/h1,6-7,9,16H,2,8,10H2,3-4H3/p+1. The number of terminal acetylenes is 1. The van der Waals surface area contributed by atoms with E-state index in [1.54, 1.807) is 18.2 Å². The predicted molar refractivity (Wildman–Crippen MR) is 74.6 cm³/mol. The van der Waals surface area contributed by atoms with E-state index in [-0.39, 0.29) is 0 Å². The first kappa shape index (κ1) is 15.6. The summed E-state index contributed by atoms with van der Waals surface area (Å²) in [5.41, 5.74) is 0.362. The number of carbonyl (C=O) groups excluding carboxylic acids is 1. The van der Waals surface area contributed by atoms with E-state index in [2.05, 4.69) is 12.5 Å². The van der Waals surface area contributed by atoms with E-state index in [1.807, 2.05) is 5.32 Å². The quantitative estimate of drug-likeness (QED) is 0.342. The molecule has 1 aromatic rings. The normalized spacial score (nSPS) is 9.45. The van der Waals surface area contributed by atoms with Gasteiger partial charge in [-0.05, 0) is 24.1 Å². The monoisotopic (exact) mass is 276 g/mol. The zero-order valence-corrected chi connectivity index (χ0v) is 11.6. The van der Waals surface area contributed by atoms with Crippen LogP contribution in [0.4, 0.5) is 0 Å². The Morgan fingerprint density at radius 2 is 2.05 bits per heavy atom. The number of hydrogen-bond donors (Lipinski definition) is 1. The molecule has 2 N–H and O–H groups in total. The molecule has 1 rings (SSSR count). The van der Waals surface area contributed by atoms with Crippen molar-refractivity contribution in [3.63, 3.8) is 0 Å². The molecule has 0 atom stereocenters. The number of hydrogen-bond acceptors (Lipinski definition) is 4. The van der Waals surface area contributed by atoms with E-state index in [9.17, 15) is 4.79 Å². The summed E-state index contributed by atoms with van der Waals surface area (Å²) < 4.78 is 15.4. The minimum atomic E-state index is -0.495. The van der Waals surface area contributed by atoms with Gasteiger partial charge in [0.15, 0.2) is 17.3 Å².